The van der Waals surface area contributed by atoms with Gasteiger partial charge in [-0.3, -0.25) is 9.69 Å². The van der Waals surface area contributed by atoms with E-state index in [0.29, 0.717) is 37.4 Å². The lowest BCUT2D eigenvalue weighted by Gasteiger charge is -2.30. The SMILES string of the molecule is C[C@H]1CCCC[C@@H]1NC(=O)CN(C)CCOc1ccc(F)cc1. The fraction of sp³-hybridized carbons (Fsp3) is 0.611. The van der Waals surface area contributed by atoms with Crippen LogP contribution < -0.4 is 10.1 Å². The second-order valence-electron chi connectivity index (χ2n) is 6.48. The predicted molar refractivity (Wildman–Crippen MR) is 89.0 cm³/mol. The Kier molecular flexibility index (Phi) is 6.84. The van der Waals surface area contributed by atoms with E-state index in [4.69, 9.17) is 4.74 Å². The number of hydrogen-bond acceptors (Lipinski definition) is 3. The van der Waals surface area contributed by atoms with Crippen LogP contribution in [0.25, 0.3) is 0 Å². The molecule has 0 spiro atoms. The number of rotatable bonds is 7. The Bertz CT molecular complexity index is 492. The molecule has 5 heteroatoms. The van der Waals surface area contributed by atoms with Crippen LogP contribution in [0.5, 0.6) is 5.75 Å². The van der Waals surface area contributed by atoms with Crippen molar-refractivity contribution in [3.63, 3.8) is 0 Å². The quantitative estimate of drug-likeness (QED) is 0.839. The Labute approximate surface area is 138 Å². The molecule has 0 unspecified atom stereocenters. The summed E-state index contributed by atoms with van der Waals surface area (Å²) in [6.07, 6.45) is 4.77. The van der Waals surface area contributed by atoms with Crippen molar-refractivity contribution in [2.24, 2.45) is 5.92 Å². The third-order valence-electron chi connectivity index (χ3n) is 4.43. The molecule has 1 aliphatic carbocycles. The van der Waals surface area contributed by atoms with Gasteiger partial charge in [0.05, 0.1) is 6.54 Å². The first-order valence-electron chi connectivity index (χ1n) is 8.41. The lowest BCUT2D eigenvalue weighted by Crippen LogP contribution is -2.45. The minimum absolute atomic E-state index is 0.0769. The number of carbonyl (C=O) groups is 1. The molecule has 1 aromatic carbocycles. The minimum Gasteiger partial charge on any atom is -0.492 e. The fourth-order valence-electron chi connectivity index (χ4n) is 2.96. The Morgan fingerprint density at radius 2 is 2.00 bits per heavy atom. The molecule has 0 radical (unpaired) electrons. The highest BCUT2D eigenvalue weighted by molar-refractivity contribution is 5.78. The normalized spacial score (nSPS) is 21.2. The van der Waals surface area contributed by atoms with Crippen molar-refractivity contribution >= 4 is 5.91 Å². The van der Waals surface area contributed by atoms with E-state index in [1.54, 1.807) is 12.1 Å². The van der Waals surface area contributed by atoms with E-state index in [9.17, 15) is 9.18 Å². The van der Waals surface area contributed by atoms with E-state index in [1.807, 2.05) is 11.9 Å². The van der Waals surface area contributed by atoms with Crippen LogP contribution in [0.3, 0.4) is 0 Å². The summed E-state index contributed by atoms with van der Waals surface area (Å²) in [6.45, 7) is 3.70. The first-order chi connectivity index (χ1) is 11.0. The molecule has 2 rings (SSSR count). The highest BCUT2D eigenvalue weighted by atomic mass is 19.1. The summed E-state index contributed by atoms with van der Waals surface area (Å²) in [5, 5.41) is 3.15. The molecular weight excluding hydrogens is 295 g/mol. The molecule has 23 heavy (non-hydrogen) atoms. The van der Waals surface area contributed by atoms with Gasteiger partial charge in [-0.25, -0.2) is 4.39 Å². The van der Waals surface area contributed by atoms with Gasteiger partial charge in [-0.15, -0.1) is 0 Å². The first-order valence-corrected chi connectivity index (χ1v) is 8.41. The number of nitrogens with zero attached hydrogens (tertiary/aromatic N) is 1. The molecule has 0 aliphatic heterocycles. The number of halogens is 1. The molecule has 0 aromatic heterocycles. The number of carbonyl (C=O) groups excluding carboxylic acids is 1. The van der Waals surface area contributed by atoms with Crippen LogP contribution in [0.4, 0.5) is 4.39 Å². The zero-order valence-electron chi connectivity index (χ0n) is 14.1. The Morgan fingerprint density at radius 1 is 1.30 bits per heavy atom. The fourth-order valence-corrected chi connectivity index (χ4v) is 2.96. The molecule has 128 valence electrons. The number of benzene rings is 1. The average Bonchev–Trinajstić information content (AvgIpc) is 2.51. The van der Waals surface area contributed by atoms with Gasteiger partial charge in [0.25, 0.3) is 0 Å². The maximum Gasteiger partial charge on any atom is 0.234 e. The van der Waals surface area contributed by atoms with Crippen molar-refractivity contribution in [1.29, 1.82) is 0 Å². The second kappa shape index (κ2) is 8.87. The zero-order valence-corrected chi connectivity index (χ0v) is 14.1. The summed E-state index contributed by atoms with van der Waals surface area (Å²) >= 11 is 0. The van der Waals surface area contributed by atoms with Crippen LogP contribution in [0.15, 0.2) is 24.3 Å². The summed E-state index contributed by atoms with van der Waals surface area (Å²) in [4.78, 5) is 14.0. The highest BCUT2D eigenvalue weighted by Gasteiger charge is 2.22. The molecule has 1 saturated carbocycles. The number of amides is 1. The van der Waals surface area contributed by atoms with Crippen LogP contribution in [0, 0.1) is 11.7 Å². The van der Waals surface area contributed by atoms with Crippen molar-refractivity contribution in [3.8, 4) is 5.75 Å². The van der Waals surface area contributed by atoms with Gasteiger partial charge in [-0.05, 0) is 50.1 Å². The zero-order chi connectivity index (χ0) is 16.7. The van der Waals surface area contributed by atoms with E-state index >= 15 is 0 Å². The molecule has 2 atom stereocenters. The van der Waals surface area contributed by atoms with Gasteiger partial charge in [0, 0.05) is 12.6 Å². The maximum atomic E-state index is 12.8. The Morgan fingerprint density at radius 3 is 2.70 bits per heavy atom. The van der Waals surface area contributed by atoms with E-state index < -0.39 is 0 Å². The summed E-state index contributed by atoms with van der Waals surface area (Å²) in [5.41, 5.74) is 0. The minimum atomic E-state index is -0.275. The number of likely N-dealkylation sites (N-methyl/N-ethyl adjacent to an activating group) is 1. The predicted octanol–water partition coefficient (Wildman–Crippen LogP) is 2.83. The van der Waals surface area contributed by atoms with Crippen molar-refractivity contribution < 1.29 is 13.9 Å². The molecule has 1 fully saturated rings. The second-order valence-corrected chi connectivity index (χ2v) is 6.48. The summed E-state index contributed by atoms with van der Waals surface area (Å²) < 4.78 is 18.3. The molecule has 0 bridgehead atoms. The highest BCUT2D eigenvalue weighted by Crippen LogP contribution is 2.23. The molecule has 1 aliphatic rings. The summed E-state index contributed by atoms with van der Waals surface area (Å²) in [5.74, 6) is 1.01. The average molecular weight is 322 g/mol. The molecule has 1 amide bonds. The van der Waals surface area contributed by atoms with Gasteiger partial charge in [-0.2, -0.15) is 0 Å². The van der Waals surface area contributed by atoms with Crippen LogP contribution in [-0.4, -0.2) is 43.6 Å². The molecule has 0 heterocycles. The van der Waals surface area contributed by atoms with Crippen molar-refractivity contribution in [2.75, 3.05) is 26.7 Å². The van der Waals surface area contributed by atoms with Gasteiger partial charge in [0.1, 0.15) is 18.2 Å². The van der Waals surface area contributed by atoms with E-state index in [-0.39, 0.29) is 11.7 Å². The largest absolute Gasteiger partial charge is 0.492 e. The molecule has 0 saturated heterocycles. The summed E-state index contributed by atoms with van der Waals surface area (Å²) in [7, 11) is 1.90. The number of nitrogens with one attached hydrogen (secondary N) is 1. The third-order valence-corrected chi connectivity index (χ3v) is 4.43. The molecular formula is C18H27FN2O2. The van der Waals surface area contributed by atoms with Gasteiger partial charge in [-0.1, -0.05) is 19.8 Å². The number of ether oxygens (including phenoxy) is 1. The monoisotopic (exact) mass is 322 g/mol. The number of hydrogen-bond donors (Lipinski definition) is 1. The van der Waals surface area contributed by atoms with Crippen LogP contribution in [-0.2, 0) is 4.79 Å². The standard InChI is InChI=1S/C18H27FN2O2/c1-14-5-3-4-6-17(14)20-18(22)13-21(2)11-12-23-16-9-7-15(19)8-10-16/h7-10,14,17H,3-6,11-13H2,1-2H3,(H,20,22)/t14-,17-/m0/s1. The lowest BCUT2D eigenvalue weighted by atomic mass is 9.86. The smallest absolute Gasteiger partial charge is 0.234 e. The Hall–Kier alpha value is -1.62. The first kappa shape index (κ1) is 17.7. The van der Waals surface area contributed by atoms with Crippen LogP contribution >= 0.6 is 0 Å². The lowest BCUT2D eigenvalue weighted by molar-refractivity contribution is -0.123. The van der Waals surface area contributed by atoms with Gasteiger partial charge >= 0.3 is 0 Å². The third kappa shape index (κ3) is 6.18. The van der Waals surface area contributed by atoms with Gasteiger partial charge < -0.3 is 10.1 Å². The van der Waals surface area contributed by atoms with Gasteiger partial charge in [0.15, 0.2) is 0 Å². The maximum absolute atomic E-state index is 12.8. The van der Waals surface area contributed by atoms with E-state index in [0.717, 1.165) is 6.42 Å². The van der Waals surface area contributed by atoms with Crippen molar-refractivity contribution in [3.05, 3.63) is 30.1 Å². The topological polar surface area (TPSA) is 41.6 Å². The van der Waals surface area contributed by atoms with Crippen LogP contribution in [0.2, 0.25) is 0 Å². The van der Waals surface area contributed by atoms with Crippen molar-refractivity contribution in [2.45, 2.75) is 38.6 Å². The Balaban J connectivity index is 1.64. The van der Waals surface area contributed by atoms with E-state index in [2.05, 4.69) is 12.2 Å². The molecule has 1 aromatic rings. The molecule has 4 nitrogen and oxygen atoms in total. The molecule has 1 N–H and O–H groups in total. The van der Waals surface area contributed by atoms with Gasteiger partial charge in [0.2, 0.25) is 5.91 Å². The summed E-state index contributed by atoms with van der Waals surface area (Å²) in [6, 6.07) is 6.27. The van der Waals surface area contributed by atoms with E-state index in [1.165, 1.54) is 31.4 Å². The van der Waals surface area contributed by atoms with Crippen LogP contribution in [0.1, 0.15) is 32.6 Å². The van der Waals surface area contributed by atoms with Crippen molar-refractivity contribution in [1.82, 2.24) is 10.2 Å².